The van der Waals surface area contributed by atoms with Crippen LogP contribution in [0.1, 0.15) is 45.1 Å². The zero-order valence-corrected chi connectivity index (χ0v) is 14.1. The number of ether oxygens (including phenoxy) is 1. The molecule has 1 heterocycles. The molecule has 1 aliphatic heterocycles. The summed E-state index contributed by atoms with van der Waals surface area (Å²) in [5.41, 5.74) is 1.27. The van der Waals surface area contributed by atoms with E-state index in [0.717, 1.165) is 57.7 Å². The monoisotopic (exact) mass is 305 g/mol. The fraction of sp³-hybridized carbons (Fsp3) is 0.684. The zero-order chi connectivity index (χ0) is 15.8. The summed E-state index contributed by atoms with van der Waals surface area (Å²) in [4.78, 5) is 2.49. The molecule has 0 saturated carbocycles. The Labute approximate surface area is 135 Å². The van der Waals surface area contributed by atoms with Gasteiger partial charge >= 0.3 is 0 Å². The van der Waals surface area contributed by atoms with Crippen LogP contribution in [-0.4, -0.2) is 42.4 Å². The summed E-state index contributed by atoms with van der Waals surface area (Å²) in [5.74, 6) is 1.30. The average Bonchev–Trinajstić information content (AvgIpc) is 2.52. The molecule has 2 atom stereocenters. The molecule has 124 valence electrons. The number of unbranched alkanes of at least 4 members (excludes halogenated alkanes) is 1. The highest BCUT2D eigenvalue weighted by Gasteiger charge is 2.27. The van der Waals surface area contributed by atoms with Gasteiger partial charge in [-0.2, -0.15) is 0 Å². The van der Waals surface area contributed by atoms with Crippen molar-refractivity contribution in [3.63, 3.8) is 0 Å². The predicted molar refractivity (Wildman–Crippen MR) is 91.4 cm³/mol. The SMILES string of the molecule is CCCCOc1cccc(CC2CN(CCC)CCC2O)c1. The van der Waals surface area contributed by atoms with Crippen LogP contribution in [-0.2, 0) is 6.42 Å². The van der Waals surface area contributed by atoms with Crippen molar-refractivity contribution in [1.29, 1.82) is 0 Å². The molecule has 1 fully saturated rings. The van der Waals surface area contributed by atoms with E-state index >= 15 is 0 Å². The first-order chi connectivity index (χ1) is 10.7. The number of nitrogens with zero attached hydrogens (tertiary/aromatic N) is 1. The van der Waals surface area contributed by atoms with E-state index in [1.54, 1.807) is 0 Å². The second kappa shape index (κ2) is 9.16. The van der Waals surface area contributed by atoms with Gasteiger partial charge in [-0.1, -0.05) is 32.4 Å². The van der Waals surface area contributed by atoms with Gasteiger partial charge < -0.3 is 14.7 Å². The zero-order valence-electron chi connectivity index (χ0n) is 14.1. The van der Waals surface area contributed by atoms with Crippen molar-refractivity contribution < 1.29 is 9.84 Å². The molecule has 3 heteroatoms. The van der Waals surface area contributed by atoms with E-state index < -0.39 is 0 Å². The highest BCUT2D eigenvalue weighted by atomic mass is 16.5. The number of hydrogen-bond donors (Lipinski definition) is 1. The smallest absolute Gasteiger partial charge is 0.119 e. The van der Waals surface area contributed by atoms with Gasteiger partial charge in [-0.05, 0) is 49.9 Å². The molecule has 1 aromatic rings. The first-order valence-corrected chi connectivity index (χ1v) is 8.85. The van der Waals surface area contributed by atoms with Gasteiger partial charge in [-0.25, -0.2) is 0 Å². The van der Waals surface area contributed by atoms with E-state index in [2.05, 4.69) is 36.9 Å². The minimum Gasteiger partial charge on any atom is -0.494 e. The van der Waals surface area contributed by atoms with Crippen molar-refractivity contribution in [3.05, 3.63) is 29.8 Å². The Balaban J connectivity index is 1.92. The molecule has 1 aromatic carbocycles. The molecule has 2 rings (SSSR count). The van der Waals surface area contributed by atoms with Crippen molar-refractivity contribution in [2.24, 2.45) is 5.92 Å². The summed E-state index contributed by atoms with van der Waals surface area (Å²) < 4.78 is 5.79. The topological polar surface area (TPSA) is 32.7 Å². The van der Waals surface area contributed by atoms with Crippen LogP contribution >= 0.6 is 0 Å². The van der Waals surface area contributed by atoms with Crippen LogP contribution in [0.5, 0.6) is 5.75 Å². The average molecular weight is 305 g/mol. The first kappa shape index (κ1) is 17.3. The third-order valence-corrected chi connectivity index (χ3v) is 4.48. The van der Waals surface area contributed by atoms with E-state index in [4.69, 9.17) is 4.74 Å². The second-order valence-electron chi connectivity index (χ2n) is 6.47. The molecule has 0 radical (unpaired) electrons. The van der Waals surface area contributed by atoms with Crippen LogP contribution in [0.2, 0.25) is 0 Å². The lowest BCUT2D eigenvalue weighted by atomic mass is 9.88. The largest absolute Gasteiger partial charge is 0.494 e. The maximum Gasteiger partial charge on any atom is 0.119 e. The van der Waals surface area contributed by atoms with Crippen LogP contribution in [0.25, 0.3) is 0 Å². The molecular weight excluding hydrogens is 274 g/mol. The van der Waals surface area contributed by atoms with Crippen molar-refractivity contribution in [1.82, 2.24) is 4.90 Å². The van der Waals surface area contributed by atoms with E-state index in [1.165, 1.54) is 12.0 Å². The summed E-state index contributed by atoms with van der Waals surface area (Å²) >= 11 is 0. The minimum absolute atomic E-state index is 0.169. The van der Waals surface area contributed by atoms with E-state index in [9.17, 15) is 5.11 Å². The molecule has 2 unspecified atom stereocenters. The van der Waals surface area contributed by atoms with Crippen molar-refractivity contribution in [2.75, 3.05) is 26.2 Å². The molecular formula is C19H31NO2. The Morgan fingerprint density at radius 2 is 2.14 bits per heavy atom. The Kier molecular flexibility index (Phi) is 7.20. The van der Waals surface area contributed by atoms with Gasteiger partial charge in [0.2, 0.25) is 0 Å². The number of likely N-dealkylation sites (tertiary alicyclic amines) is 1. The predicted octanol–water partition coefficient (Wildman–Crippen LogP) is 3.50. The number of benzene rings is 1. The summed E-state index contributed by atoms with van der Waals surface area (Å²) in [7, 11) is 0. The van der Waals surface area contributed by atoms with Crippen molar-refractivity contribution in [3.8, 4) is 5.75 Å². The standard InChI is InChI=1S/C19H31NO2/c1-3-5-12-22-18-8-6-7-16(14-18)13-17-15-20(10-4-2)11-9-19(17)21/h6-8,14,17,19,21H,3-5,9-13,15H2,1-2H3. The molecule has 1 aliphatic rings. The quantitative estimate of drug-likeness (QED) is 0.746. The minimum atomic E-state index is -0.169. The maximum absolute atomic E-state index is 10.3. The number of aliphatic hydroxyl groups excluding tert-OH is 1. The summed E-state index contributed by atoms with van der Waals surface area (Å²) in [6, 6.07) is 8.38. The molecule has 0 amide bonds. The first-order valence-electron chi connectivity index (χ1n) is 8.85. The fourth-order valence-corrected chi connectivity index (χ4v) is 3.21. The summed E-state index contributed by atoms with van der Waals surface area (Å²) in [6.45, 7) is 8.37. The van der Waals surface area contributed by atoms with Gasteiger partial charge in [0.25, 0.3) is 0 Å². The third-order valence-electron chi connectivity index (χ3n) is 4.48. The van der Waals surface area contributed by atoms with Gasteiger partial charge in [0.1, 0.15) is 5.75 Å². The Morgan fingerprint density at radius 1 is 1.27 bits per heavy atom. The van der Waals surface area contributed by atoms with Crippen LogP contribution in [0.4, 0.5) is 0 Å². The second-order valence-corrected chi connectivity index (χ2v) is 6.47. The van der Waals surface area contributed by atoms with Gasteiger partial charge in [-0.15, -0.1) is 0 Å². The Hall–Kier alpha value is -1.06. The molecule has 22 heavy (non-hydrogen) atoms. The molecule has 1 N–H and O–H groups in total. The highest BCUT2D eigenvalue weighted by molar-refractivity contribution is 5.29. The van der Waals surface area contributed by atoms with Gasteiger partial charge in [0.15, 0.2) is 0 Å². The summed E-state index contributed by atoms with van der Waals surface area (Å²) in [6.07, 6.45) is 5.10. The Bertz CT molecular complexity index is 435. The van der Waals surface area contributed by atoms with Crippen molar-refractivity contribution in [2.45, 2.75) is 52.1 Å². The molecule has 3 nitrogen and oxygen atoms in total. The van der Waals surface area contributed by atoms with Gasteiger partial charge in [0, 0.05) is 19.0 Å². The van der Waals surface area contributed by atoms with Crippen molar-refractivity contribution >= 4 is 0 Å². The van der Waals surface area contributed by atoms with E-state index in [-0.39, 0.29) is 6.10 Å². The lowest BCUT2D eigenvalue weighted by Crippen LogP contribution is -2.44. The van der Waals surface area contributed by atoms with E-state index in [1.807, 2.05) is 6.07 Å². The van der Waals surface area contributed by atoms with Gasteiger partial charge in [0.05, 0.1) is 12.7 Å². The van der Waals surface area contributed by atoms with Crippen LogP contribution in [0.15, 0.2) is 24.3 Å². The fourth-order valence-electron chi connectivity index (χ4n) is 3.21. The lowest BCUT2D eigenvalue weighted by molar-refractivity contribution is 0.0270. The third kappa shape index (κ3) is 5.29. The van der Waals surface area contributed by atoms with Crippen LogP contribution < -0.4 is 4.74 Å². The lowest BCUT2D eigenvalue weighted by Gasteiger charge is -2.36. The van der Waals surface area contributed by atoms with E-state index in [0.29, 0.717) is 5.92 Å². The Morgan fingerprint density at radius 3 is 2.91 bits per heavy atom. The molecule has 0 bridgehead atoms. The number of rotatable bonds is 8. The number of aliphatic hydroxyl groups is 1. The normalized spacial score (nSPS) is 22.7. The van der Waals surface area contributed by atoms with Crippen LogP contribution in [0.3, 0.4) is 0 Å². The number of hydrogen-bond acceptors (Lipinski definition) is 3. The van der Waals surface area contributed by atoms with Gasteiger partial charge in [-0.3, -0.25) is 0 Å². The van der Waals surface area contributed by atoms with Crippen LogP contribution in [0, 0.1) is 5.92 Å². The molecule has 1 saturated heterocycles. The highest BCUT2D eigenvalue weighted by Crippen LogP contribution is 2.23. The summed E-state index contributed by atoms with van der Waals surface area (Å²) in [5, 5.41) is 10.3. The number of piperidine rings is 1. The molecule has 0 spiro atoms. The molecule has 0 aromatic heterocycles. The molecule has 0 aliphatic carbocycles. The maximum atomic E-state index is 10.3.